The number of aryl methyl sites for hydroxylation is 2. The number of unbranched alkanes of at least 4 members (excludes halogenated alkanes) is 18. The largest absolute Gasteiger partial charge is 0.491 e. The molecule has 1 aromatic carbocycles. The van der Waals surface area contributed by atoms with Crippen LogP contribution in [0.5, 0.6) is 11.5 Å². The van der Waals surface area contributed by atoms with Gasteiger partial charge in [-0.1, -0.05) is 129 Å². The summed E-state index contributed by atoms with van der Waals surface area (Å²) in [6.45, 7) is 10.5. The molecule has 0 bridgehead atoms. The maximum atomic E-state index is 6.76. The van der Waals surface area contributed by atoms with Crippen LogP contribution < -0.4 is 9.47 Å². The lowest BCUT2D eigenvalue weighted by molar-refractivity contribution is 0.307. The molecule has 4 aromatic heterocycles. The van der Waals surface area contributed by atoms with E-state index in [0.29, 0.717) is 0 Å². The van der Waals surface area contributed by atoms with Gasteiger partial charge >= 0.3 is 0 Å². The van der Waals surface area contributed by atoms with Crippen LogP contribution in [-0.4, -0.2) is 23.2 Å². The van der Waals surface area contributed by atoms with Crippen LogP contribution in [0.2, 0.25) is 0 Å². The Morgan fingerprint density at radius 1 is 0.510 bits per heavy atom. The molecule has 0 unspecified atom stereocenters. The number of thiophene rings is 3. The van der Waals surface area contributed by atoms with Gasteiger partial charge in [-0.05, 0) is 38.8 Å². The summed E-state index contributed by atoms with van der Waals surface area (Å²) in [4.78, 5) is 14.3. The lowest BCUT2D eigenvalue weighted by Gasteiger charge is -2.14. The highest BCUT2D eigenvalue weighted by Crippen LogP contribution is 2.52. The van der Waals surface area contributed by atoms with Crippen LogP contribution in [-0.2, 0) is 0 Å². The predicted molar refractivity (Wildman–Crippen MR) is 218 cm³/mol. The fourth-order valence-electron chi connectivity index (χ4n) is 6.93. The van der Waals surface area contributed by atoms with Crippen LogP contribution in [0.3, 0.4) is 0 Å². The van der Waals surface area contributed by atoms with Gasteiger partial charge in [0.2, 0.25) is 0 Å². The minimum atomic E-state index is 0.758. The van der Waals surface area contributed by atoms with Crippen LogP contribution in [0, 0.1) is 13.8 Å². The third-order valence-corrected chi connectivity index (χ3v) is 13.2. The predicted octanol–water partition coefficient (Wildman–Crippen LogP) is 15.0. The Morgan fingerprint density at radius 3 is 1.49 bits per heavy atom. The lowest BCUT2D eigenvalue weighted by atomic mass is 10.1. The van der Waals surface area contributed by atoms with E-state index in [2.05, 4.69) is 44.8 Å². The summed E-state index contributed by atoms with van der Waals surface area (Å²) >= 11 is 5.47. The second-order valence-electron chi connectivity index (χ2n) is 13.9. The van der Waals surface area contributed by atoms with E-state index >= 15 is 0 Å². The normalized spacial score (nSPS) is 11.8. The Balaban J connectivity index is 1.29. The van der Waals surface area contributed by atoms with Gasteiger partial charge in [0.1, 0.15) is 22.5 Å². The van der Waals surface area contributed by atoms with Gasteiger partial charge in [-0.25, -0.2) is 0 Å². The molecule has 0 aliphatic heterocycles. The molecule has 0 aliphatic rings. The van der Waals surface area contributed by atoms with Gasteiger partial charge in [0, 0.05) is 37.8 Å². The van der Waals surface area contributed by atoms with Gasteiger partial charge in [0.15, 0.2) is 0 Å². The summed E-state index contributed by atoms with van der Waals surface area (Å²) in [5.41, 5.74) is 2.00. The maximum absolute atomic E-state index is 6.76. The van der Waals surface area contributed by atoms with Crippen LogP contribution in [0.4, 0.5) is 0 Å². The molecule has 7 heteroatoms. The van der Waals surface area contributed by atoms with E-state index in [-0.39, 0.29) is 0 Å². The number of rotatable bonds is 25. The van der Waals surface area contributed by atoms with Crippen molar-refractivity contribution in [2.45, 2.75) is 156 Å². The Labute approximate surface area is 308 Å². The molecule has 0 radical (unpaired) electrons. The van der Waals surface area contributed by atoms with Gasteiger partial charge in [-0.15, -0.1) is 34.0 Å². The molecule has 5 aromatic rings. The number of nitrogens with zero attached hydrogens (tertiary/aromatic N) is 2. The second-order valence-corrected chi connectivity index (χ2v) is 17.4. The molecule has 5 rings (SSSR count). The fraction of sp³-hybridized carbons (Fsp3) is 0.619. The minimum absolute atomic E-state index is 0.758. The van der Waals surface area contributed by atoms with Crippen molar-refractivity contribution in [3.63, 3.8) is 0 Å². The first-order valence-corrected chi connectivity index (χ1v) is 22.0. The fourth-order valence-corrected chi connectivity index (χ4v) is 10.3. The molecule has 0 atom stereocenters. The van der Waals surface area contributed by atoms with Gasteiger partial charge in [-0.2, -0.15) is 0 Å². The summed E-state index contributed by atoms with van der Waals surface area (Å²) in [7, 11) is 0. The number of benzene rings is 1. The molecule has 0 amide bonds. The van der Waals surface area contributed by atoms with Crippen molar-refractivity contribution in [2.75, 3.05) is 13.2 Å². The number of hydrogen-bond acceptors (Lipinski definition) is 7. The van der Waals surface area contributed by atoms with E-state index < -0.39 is 0 Å². The Hall–Kier alpha value is -2.22. The smallest absolute Gasteiger partial charge is 0.146 e. The Bertz CT molecular complexity index is 1620. The van der Waals surface area contributed by atoms with E-state index in [1.807, 2.05) is 28.9 Å². The van der Waals surface area contributed by atoms with Gasteiger partial charge in [0.05, 0.1) is 27.5 Å². The molecule has 4 heterocycles. The molecule has 0 spiro atoms. The molecular weight excluding hydrogens is 661 g/mol. The summed E-state index contributed by atoms with van der Waals surface area (Å²) in [6.07, 6.45) is 30.1. The number of aromatic nitrogens is 2. The van der Waals surface area contributed by atoms with E-state index in [1.54, 1.807) is 17.5 Å². The van der Waals surface area contributed by atoms with Crippen LogP contribution in [0.25, 0.3) is 41.0 Å². The van der Waals surface area contributed by atoms with Crippen LogP contribution in [0.1, 0.15) is 152 Å². The maximum Gasteiger partial charge on any atom is 0.146 e. The van der Waals surface area contributed by atoms with E-state index in [0.717, 1.165) is 48.6 Å². The van der Waals surface area contributed by atoms with Crippen molar-refractivity contribution in [1.29, 1.82) is 0 Å². The van der Waals surface area contributed by atoms with E-state index in [1.165, 1.54) is 155 Å². The molecule has 0 N–H and O–H groups in total. The molecule has 49 heavy (non-hydrogen) atoms. The zero-order chi connectivity index (χ0) is 34.3. The topological polar surface area (TPSA) is 44.2 Å². The van der Waals surface area contributed by atoms with Gasteiger partial charge in [-0.3, -0.25) is 9.97 Å². The summed E-state index contributed by atoms with van der Waals surface area (Å²) in [5, 5.41) is 2.39. The number of ether oxygens (including phenoxy) is 2. The Morgan fingerprint density at radius 2 is 0.959 bits per heavy atom. The standard InChI is InChI=1S/C42H60N2O2S3/c1-5-7-9-11-13-15-17-19-21-23-27-45-38-33-29-31(3)47-40(33)39(46-28-24-22-20-18-16-14-12-10-8-6-2)34-30-35(49-41(34)38)42-37-36(32(4)48-42)43-25-26-44-37/h25-26,29-30H,5-24,27-28H2,1-4H3. The average Bonchev–Trinajstić information content (AvgIpc) is 3.81. The first-order chi connectivity index (χ1) is 24.1. The molecule has 0 saturated carbocycles. The third kappa shape index (κ3) is 10.6. The van der Waals surface area contributed by atoms with Crippen molar-refractivity contribution in [3.05, 3.63) is 34.3 Å². The van der Waals surface area contributed by atoms with Crippen molar-refractivity contribution in [3.8, 4) is 21.3 Å². The van der Waals surface area contributed by atoms with Crippen molar-refractivity contribution >= 4 is 65.2 Å². The summed E-state index contributed by atoms with van der Waals surface area (Å²) in [5.74, 6) is 2.08. The first-order valence-electron chi connectivity index (χ1n) is 19.6. The molecule has 0 fully saturated rings. The summed E-state index contributed by atoms with van der Waals surface area (Å²) < 4.78 is 16.0. The van der Waals surface area contributed by atoms with Crippen molar-refractivity contribution in [1.82, 2.24) is 9.97 Å². The zero-order valence-corrected chi connectivity index (χ0v) is 33.3. The molecular formula is C42H60N2O2S3. The van der Waals surface area contributed by atoms with Crippen LogP contribution in [0.15, 0.2) is 24.5 Å². The highest BCUT2D eigenvalue weighted by atomic mass is 32.1. The minimum Gasteiger partial charge on any atom is -0.491 e. The van der Waals surface area contributed by atoms with Gasteiger partial charge in [0.25, 0.3) is 0 Å². The first kappa shape index (κ1) is 38.0. The quantitative estimate of drug-likeness (QED) is 0.0563. The summed E-state index contributed by atoms with van der Waals surface area (Å²) in [6, 6.07) is 4.66. The molecule has 268 valence electrons. The monoisotopic (exact) mass is 720 g/mol. The van der Waals surface area contributed by atoms with Crippen molar-refractivity contribution < 1.29 is 9.47 Å². The lowest BCUT2D eigenvalue weighted by Crippen LogP contribution is -2.00. The number of fused-ring (bicyclic) bond motifs is 3. The SMILES string of the molecule is CCCCCCCCCCCCOc1c2cc(-c3sc(C)c4nccnc34)sc2c(OCCCCCCCCCCCC)c2cc(C)sc12. The average molecular weight is 721 g/mol. The van der Waals surface area contributed by atoms with E-state index in [9.17, 15) is 0 Å². The molecule has 0 aliphatic carbocycles. The second kappa shape index (κ2) is 20.6. The highest BCUT2D eigenvalue weighted by Gasteiger charge is 2.23. The van der Waals surface area contributed by atoms with Crippen molar-refractivity contribution in [2.24, 2.45) is 0 Å². The Kier molecular flexibility index (Phi) is 16.0. The third-order valence-electron chi connectivity index (χ3n) is 9.70. The molecule has 4 nitrogen and oxygen atoms in total. The van der Waals surface area contributed by atoms with Crippen LogP contribution >= 0.6 is 34.0 Å². The zero-order valence-electron chi connectivity index (χ0n) is 30.8. The molecule has 0 saturated heterocycles. The van der Waals surface area contributed by atoms with Gasteiger partial charge < -0.3 is 9.47 Å². The highest BCUT2D eigenvalue weighted by molar-refractivity contribution is 7.27. The van der Waals surface area contributed by atoms with E-state index in [4.69, 9.17) is 14.5 Å². The number of hydrogen-bond donors (Lipinski definition) is 0.